The molecule has 5 nitrogen and oxygen atoms in total. The standard InChI is InChI=1S/C23H21FN2O3S/c24-21-10-12-22(13-11-21)30(28,29)26-16-14-25(15-17-26)23(27)20-8-6-19(7-9-20)18-4-2-1-3-5-18/h1-13H,14-17H2. The van der Waals surface area contributed by atoms with Crippen LogP contribution in [0.5, 0.6) is 0 Å². The average Bonchev–Trinajstić information content (AvgIpc) is 2.80. The van der Waals surface area contributed by atoms with Crippen LogP contribution in [-0.2, 0) is 10.0 Å². The largest absolute Gasteiger partial charge is 0.336 e. The van der Waals surface area contributed by atoms with Gasteiger partial charge in [-0.1, -0.05) is 42.5 Å². The van der Waals surface area contributed by atoms with E-state index in [2.05, 4.69) is 0 Å². The summed E-state index contributed by atoms with van der Waals surface area (Å²) in [5.41, 5.74) is 2.68. The summed E-state index contributed by atoms with van der Waals surface area (Å²) in [6.07, 6.45) is 0. The molecule has 0 N–H and O–H groups in total. The second kappa shape index (κ2) is 8.38. The first-order valence-electron chi connectivity index (χ1n) is 9.66. The predicted octanol–water partition coefficient (Wildman–Crippen LogP) is 3.64. The van der Waals surface area contributed by atoms with E-state index in [4.69, 9.17) is 0 Å². The normalized spacial score (nSPS) is 15.2. The predicted molar refractivity (Wildman–Crippen MR) is 113 cm³/mol. The van der Waals surface area contributed by atoms with Crippen LogP contribution >= 0.6 is 0 Å². The Morgan fingerprint density at radius 2 is 1.30 bits per heavy atom. The van der Waals surface area contributed by atoms with E-state index in [0.29, 0.717) is 18.7 Å². The summed E-state index contributed by atoms with van der Waals surface area (Å²) in [5, 5.41) is 0. The first-order chi connectivity index (χ1) is 14.4. The van der Waals surface area contributed by atoms with Crippen molar-refractivity contribution in [3.05, 3.63) is 90.2 Å². The van der Waals surface area contributed by atoms with E-state index in [0.717, 1.165) is 23.3 Å². The van der Waals surface area contributed by atoms with Crippen molar-refractivity contribution in [1.29, 1.82) is 0 Å². The van der Waals surface area contributed by atoms with E-state index in [1.54, 1.807) is 17.0 Å². The van der Waals surface area contributed by atoms with Crippen LogP contribution in [0.15, 0.2) is 83.8 Å². The number of rotatable bonds is 4. The van der Waals surface area contributed by atoms with Gasteiger partial charge in [-0.05, 0) is 47.5 Å². The van der Waals surface area contributed by atoms with Crippen LogP contribution in [-0.4, -0.2) is 49.7 Å². The molecule has 4 rings (SSSR count). The summed E-state index contributed by atoms with van der Waals surface area (Å²) < 4.78 is 39.9. The van der Waals surface area contributed by atoms with Gasteiger partial charge in [0.2, 0.25) is 10.0 Å². The van der Waals surface area contributed by atoms with E-state index in [9.17, 15) is 17.6 Å². The van der Waals surface area contributed by atoms with E-state index >= 15 is 0 Å². The van der Waals surface area contributed by atoms with Gasteiger partial charge in [0.15, 0.2) is 0 Å². The summed E-state index contributed by atoms with van der Waals surface area (Å²) in [7, 11) is -3.70. The molecule has 1 aliphatic heterocycles. The van der Waals surface area contributed by atoms with Gasteiger partial charge in [0.1, 0.15) is 5.82 Å². The highest BCUT2D eigenvalue weighted by molar-refractivity contribution is 7.89. The van der Waals surface area contributed by atoms with Crippen molar-refractivity contribution in [2.75, 3.05) is 26.2 Å². The Kier molecular flexibility index (Phi) is 5.65. The first-order valence-corrected chi connectivity index (χ1v) is 11.1. The Balaban J connectivity index is 1.41. The molecule has 1 heterocycles. The molecule has 0 radical (unpaired) electrons. The monoisotopic (exact) mass is 424 g/mol. The third-order valence-corrected chi connectivity index (χ3v) is 7.13. The third-order valence-electron chi connectivity index (χ3n) is 5.22. The van der Waals surface area contributed by atoms with Crippen LogP contribution in [0.25, 0.3) is 11.1 Å². The second-order valence-electron chi connectivity index (χ2n) is 7.09. The third kappa shape index (κ3) is 4.13. The van der Waals surface area contributed by atoms with Gasteiger partial charge < -0.3 is 4.90 Å². The number of amides is 1. The van der Waals surface area contributed by atoms with Gasteiger partial charge in [0, 0.05) is 31.7 Å². The van der Waals surface area contributed by atoms with Crippen LogP contribution in [0.3, 0.4) is 0 Å². The van der Waals surface area contributed by atoms with Crippen molar-refractivity contribution in [2.24, 2.45) is 0 Å². The molecule has 1 fully saturated rings. The fraction of sp³-hybridized carbons (Fsp3) is 0.174. The van der Waals surface area contributed by atoms with Gasteiger partial charge in [0.05, 0.1) is 4.90 Å². The molecule has 0 spiro atoms. The lowest BCUT2D eigenvalue weighted by molar-refractivity contribution is 0.0698. The molecule has 7 heteroatoms. The lowest BCUT2D eigenvalue weighted by atomic mass is 10.0. The van der Waals surface area contributed by atoms with E-state index in [-0.39, 0.29) is 23.9 Å². The maximum atomic E-state index is 13.1. The average molecular weight is 424 g/mol. The number of nitrogens with zero attached hydrogens (tertiary/aromatic N) is 2. The molecule has 3 aromatic rings. The fourth-order valence-electron chi connectivity index (χ4n) is 3.51. The highest BCUT2D eigenvalue weighted by atomic mass is 32.2. The number of carbonyl (C=O) groups is 1. The Labute approximate surface area is 175 Å². The quantitative estimate of drug-likeness (QED) is 0.643. The number of piperazine rings is 1. The summed E-state index contributed by atoms with van der Waals surface area (Å²) in [4.78, 5) is 14.5. The molecular weight excluding hydrogens is 403 g/mol. The van der Waals surface area contributed by atoms with Crippen molar-refractivity contribution < 1.29 is 17.6 Å². The molecule has 30 heavy (non-hydrogen) atoms. The van der Waals surface area contributed by atoms with Crippen LogP contribution in [0.1, 0.15) is 10.4 Å². The molecule has 0 aromatic heterocycles. The molecule has 0 saturated carbocycles. The lowest BCUT2D eigenvalue weighted by Gasteiger charge is -2.34. The van der Waals surface area contributed by atoms with Gasteiger partial charge in [-0.25, -0.2) is 12.8 Å². The van der Waals surface area contributed by atoms with Gasteiger partial charge in [-0.3, -0.25) is 4.79 Å². The van der Waals surface area contributed by atoms with Crippen molar-refractivity contribution in [1.82, 2.24) is 9.21 Å². The fourth-order valence-corrected chi connectivity index (χ4v) is 4.93. The van der Waals surface area contributed by atoms with Gasteiger partial charge in [-0.15, -0.1) is 0 Å². The first kappa shape index (κ1) is 20.3. The Morgan fingerprint density at radius 3 is 1.90 bits per heavy atom. The Bertz CT molecular complexity index is 1120. The Hall–Kier alpha value is -3.03. The number of halogens is 1. The molecule has 0 unspecified atom stereocenters. The van der Waals surface area contributed by atoms with Crippen LogP contribution in [0.2, 0.25) is 0 Å². The minimum atomic E-state index is -3.70. The van der Waals surface area contributed by atoms with E-state index in [1.807, 2.05) is 42.5 Å². The zero-order valence-electron chi connectivity index (χ0n) is 16.2. The van der Waals surface area contributed by atoms with Crippen molar-refractivity contribution >= 4 is 15.9 Å². The maximum absolute atomic E-state index is 13.1. The van der Waals surface area contributed by atoms with E-state index < -0.39 is 15.8 Å². The molecule has 3 aromatic carbocycles. The molecule has 0 aliphatic carbocycles. The molecule has 0 atom stereocenters. The lowest BCUT2D eigenvalue weighted by Crippen LogP contribution is -2.50. The Morgan fingerprint density at radius 1 is 0.733 bits per heavy atom. The molecule has 1 aliphatic rings. The van der Waals surface area contributed by atoms with Gasteiger partial charge >= 0.3 is 0 Å². The molecule has 0 bridgehead atoms. The van der Waals surface area contributed by atoms with Gasteiger partial charge in [-0.2, -0.15) is 4.31 Å². The smallest absolute Gasteiger partial charge is 0.253 e. The van der Waals surface area contributed by atoms with Crippen LogP contribution in [0.4, 0.5) is 4.39 Å². The summed E-state index contributed by atoms with van der Waals surface area (Å²) in [6.45, 7) is 1.01. The molecule has 1 amide bonds. The van der Waals surface area contributed by atoms with Crippen molar-refractivity contribution in [3.8, 4) is 11.1 Å². The van der Waals surface area contributed by atoms with Crippen molar-refractivity contribution in [2.45, 2.75) is 4.90 Å². The zero-order valence-corrected chi connectivity index (χ0v) is 17.1. The van der Waals surface area contributed by atoms with Crippen LogP contribution < -0.4 is 0 Å². The SMILES string of the molecule is O=C(c1ccc(-c2ccccc2)cc1)N1CCN(S(=O)(=O)c2ccc(F)cc2)CC1. The summed E-state index contributed by atoms with van der Waals surface area (Å²) in [5.74, 6) is -0.601. The minimum Gasteiger partial charge on any atom is -0.336 e. The maximum Gasteiger partial charge on any atom is 0.253 e. The molecule has 154 valence electrons. The topological polar surface area (TPSA) is 57.7 Å². The number of hydrogen-bond acceptors (Lipinski definition) is 3. The molecule has 1 saturated heterocycles. The second-order valence-corrected chi connectivity index (χ2v) is 9.03. The summed E-state index contributed by atoms with van der Waals surface area (Å²) >= 11 is 0. The van der Waals surface area contributed by atoms with Gasteiger partial charge in [0.25, 0.3) is 5.91 Å². The zero-order chi connectivity index (χ0) is 21.1. The number of benzene rings is 3. The minimum absolute atomic E-state index is 0.0557. The van der Waals surface area contributed by atoms with Crippen LogP contribution in [0, 0.1) is 5.82 Å². The highest BCUT2D eigenvalue weighted by Gasteiger charge is 2.30. The highest BCUT2D eigenvalue weighted by Crippen LogP contribution is 2.21. The number of carbonyl (C=O) groups excluding carboxylic acids is 1. The van der Waals surface area contributed by atoms with E-state index in [1.165, 1.54) is 16.4 Å². The molecular formula is C23H21FN2O3S. The van der Waals surface area contributed by atoms with Crippen molar-refractivity contribution in [3.63, 3.8) is 0 Å². The number of hydrogen-bond donors (Lipinski definition) is 0. The summed E-state index contributed by atoms with van der Waals surface area (Å²) in [6, 6.07) is 22.1. The number of sulfonamides is 1.